The summed E-state index contributed by atoms with van der Waals surface area (Å²) in [6, 6.07) is 6.20. The Bertz CT molecular complexity index is 587. The van der Waals surface area contributed by atoms with Crippen molar-refractivity contribution in [3.8, 4) is 11.5 Å². The van der Waals surface area contributed by atoms with E-state index in [2.05, 4.69) is 24.2 Å². The first-order valence-electron chi connectivity index (χ1n) is 6.50. The minimum absolute atomic E-state index is 0.667. The number of nitrogens with two attached hydrogens (primary N) is 1. The molecule has 0 aliphatic rings. The van der Waals surface area contributed by atoms with Crippen molar-refractivity contribution in [2.75, 3.05) is 6.54 Å². The standard InChI is InChI=1S/C15H21N3O/c1-10-9-13(7-8-16)5-6-14(10)19-15-11(2)17-18(4)12(15)3/h5-6,9H,7-8,16H2,1-4H3. The van der Waals surface area contributed by atoms with Crippen molar-refractivity contribution in [1.29, 1.82) is 0 Å². The zero-order valence-electron chi connectivity index (χ0n) is 12.0. The summed E-state index contributed by atoms with van der Waals surface area (Å²) in [7, 11) is 1.92. The number of hydrogen-bond donors (Lipinski definition) is 1. The van der Waals surface area contributed by atoms with Crippen molar-refractivity contribution >= 4 is 0 Å². The van der Waals surface area contributed by atoms with Crippen molar-refractivity contribution in [2.45, 2.75) is 27.2 Å². The maximum atomic E-state index is 6.01. The van der Waals surface area contributed by atoms with E-state index in [1.54, 1.807) is 0 Å². The first-order valence-corrected chi connectivity index (χ1v) is 6.50. The van der Waals surface area contributed by atoms with Gasteiger partial charge in [-0.05, 0) is 50.9 Å². The van der Waals surface area contributed by atoms with Gasteiger partial charge in [0.2, 0.25) is 0 Å². The third kappa shape index (κ3) is 2.79. The van der Waals surface area contributed by atoms with E-state index in [9.17, 15) is 0 Å². The number of aromatic nitrogens is 2. The molecule has 0 saturated carbocycles. The number of rotatable bonds is 4. The Labute approximate surface area is 114 Å². The summed E-state index contributed by atoms with van der Waals surface area (Å²) >= 11 is 0. The molecule has 0 spiro atoms. The maximum Gasteiger partial charge on any atom is 0.171 e. The smallest absolute Gasteiger partial charge is 0.171 e. The van der Waals surface area contributed by atoms with Gasteiger partial charge in [0.25, 0.3) is 0 Å². The van der Waals surface area contributed by atoms with Crippen LogP contribution in [0.1, 0.15) is 22.5 Å². The molecular formula is C15H21N3O. The summed E-state index contributed by atoms with van der Waals surface area (Å²) in [6.07, 6.45) is 0.895. The van der Waals surface area contributed by atoms with Crippen LogP contribution in [0.2, 0.25) is 0 Å². The second kappa shape index (κ2) is 5.45. The summed E-state index contributed by atoms with van der Waals surface area (Å²) in [4.78, 5) is 0. The molecule has 1 heterocycles. The van der Waals surface area contributed by atoms with Gasteiger partial charge in [0.1, 0.15) is 11.4 Å². The fraction of sp³-hybridized carbons (Fsp3) is 0.400. The van der Waals surface area contributed by atoms with Gasteiger partial charge in [-0.25, -0.2) is 0 Å². The number of benzene rings is 1. The van der Waals surface area contributed by atoms with E-state index in [1.165, 1.54) is 5.56 Å². The SMILES string of the molecule is Cc1cc(CCN)ccc1Oc1c(C)nn(C)c1C. The lowest BCUT2D eigenvalue weighted by Gasteiger charge is -2.10. The lowest BCUT2D eigenvalue weighted by Crippen LogP contribution is -2.03. The summed E-state index contributed by atoms with van der Waals surface area (Å²) < 4.78 is 7.85. The zero-order valence-corrected chi connectivity index (χ0v) is 12.0. The molecule has 0 aliphatic carbocycles. The van der Waals surface area contributed by atoms with Crippen LogP contribution in [0.5, 0.6) is 11.5 Å². The van der Waals surface area contributed by atoms with Crippen molar-refractivity contribution in [1.82, 2.24) is 9.78 Å². The minimum atomic E-state index is 0.667. The van der Waals surface area contributed by atoms with E-state index in [4.69, 9.17) is 10.5 Å². The Morgan fingerprint density at radius 1 is 1.26 bits per heavy atom. The van der Waals surface area contributed by atoms with Crippen LogP contribution in [0.15, 0.2) is 18.2 Å². The van der Waals surface area contributed by atoms with Crippen LogP contribution in [0.25, 0.3) is 0 Å². The molecule has 102 valence electrons. The van der Waals surface area contributed by atoms with Gasteiger partial charge in [0.05, 0.1) is 5.69 Å². The molecule has 0 saturated heterocycles. The molecule has 2 rings (SSSR count). The van der Waals surface area contributed by atoms with Gasteiger partial charge in [0, 0.05) is 7.05 Å². The normalized spacial score (nSPS) is 10.8. The third-order valence-electron chi connectivity index (χ3n) is 3.33. The largest absolute Gasteiger partial charge is 0.453 e. The van der Waals surface area contributed by atoms with E-state index in [1.807, 2.05) is 31.6 Å². The first kappa shape index (κ1) is 13.6. The minimum Gasteiger partial charge on any atom is -0.453 e. The summed E-state index contributed by atoms with van der Waals surface area (Å²) in [5.41, 5.74) is 9.87. The van der Waals surface area contributed by atoms with Gasteiger partial charge < -0.3 is 10.5 Å². The Hall–Kier alpha value is -1.81. The molecule has 0 bridgehead atoms. The van der Waals surface area contributed by atoms with Gasteiger partial charge in [-0.15, -0.1) is 0 Å². The van der Waals surface area contributed by atoms with Crippen LogP contribution in [0.4, 0.5) is 0 Å². The molecule has 0 atom stereocenters. The maximum absolute atomic E-state index is 6.01. The Morgan fingerprint density at radius 2 is 2.00 bits per heavy atom. The Balaban J connectivity index is 2.28. The molecule has 1 aromatic heterocycles. The summed E-state index contributed by atoms with van der Waals surface area (Å²) in [5, 5.41) is 4.36. The second-order valence-corrected chi connectivity index (χ2v) is 4.86. The van der Waals surface area contributed by atoms with Crippen molar-refractivity contribution < 1.29 is 4.74 Å². The zero-order chi connectivity index (χ0) is 14.0. The number of aryl methyl sites for hydroxylation is 3. The van der Waals surface area contributed by atoms with Crippen LogP contribution in [-0.2, 0) is 13.5 Å². The Morgan fingerprint density at radius 3 is 2.53 bits per heavy atom. The molecule has 0 amide bonds. The lowest BCUT2D eigenvalue weighted by molar-refractivity contribution is 0.470. The lowest BCUT2D eigenvalue weighted by atomic mass is 10.1. The van der Waals surface area contributed by atoms with Crippen LogP contribution >= 0.6 is 0 Å². The fourth-order valence-corrected chi connectivity index (χ4v) is 2.16. The van der Waals surface area contributed by atoms with Crippen LogP contribution in [0, 0.1) is 20.8 Å². The van der Waals surface area contributed by atoms with E-state index in [0.29, 0.717) is 6.54 Å². The van der Waals surface area contributed by atoms with E-state index >= 15 is 0 Å². The number of ether oxygens (including phenoxy) is 1. The molecule has 0 unspecified atom stereocenters. The highest BCUT2D eigenvalue weighted by atomic mass is 16.5. The molecule has 4 heteroatoms. The molecule has 0 radical (unpaired) electrons. The molecule has 0 fully saturated rings. The summed E-state index contributed by atoms with van der Waals surface area (Å²) in [5.74, 6) is 1.72. The fourth-order valence-electron chi connectivity index (χ4n) is 2.16. The molecule has 19 heavy (non-hydrogen) atoms. The number of nitrogens with zero attached hydrogens (tertiary/aromatic N) is 2. The third-order valence-corrected chi connectivity index (χ3v) is 3.33. The average molecular weight is 259 g/mol. The van der Waals surface area contributed by atoms with Crippen LogP contribution < -0.4 is 10.5 Å². The van der Waals surface area contributed by atoms with E-state index in [0.717, 1.165) is 34.9 Å². The van der Waals surface area contributed by atoms with Crippen molar-refractivity contribution in [3.05, 3.63) is 40.7 Å². The van der Waals surface area contributed by atoms with E-state index in [-0.39, 0.29) is 0 Å². The van der Waals surface area contributed by atoms with Crippen molar-refractivity contribution in [2.24, 2.45) is 12.8 Å². The van der Waals surface area contributed by atoms with E-state index < -0.39 is 0 Å². The highest BCUT2D eigenvalue weighted by Crippen LogP contribution is 2.30. The van der Waals surface area contributed by atoms with Gasteiger partial charge >= 0.3 is 0 Å². The van der Waals surface area contributed by atoms with Crippen molar-refractivity contribution in [3.63, 3.8) is 0 Å². The molecule has 2 aromatic rings. The van der Waals surface area contributed by atoms with Gasteiger partial charge in [-0.1, -0.05) is 12.1 Å². The molecule has 1 aromatic carbocycles. The first-order chi connectivity index (χ1) is 9.02. The Kier molecular flexibility index (Phi) is 3.90. The highest BCUT2D eigenvalue weighted by Gasteiger charge is 2.12. The average Bonchev–Trinajstić information content (AvgIpc) is 2.59. The molecule has 2 N–H and O–H groups in total. The molecule has 0 aliphatic heterocycles. The second-order valence-electron chi connectivity index (χ2n) is 4.86. The van der Waals surface area contributed by atoms with Gasteiger partial charge in [0.15, 0.2) is 5.75 Å². The van der Waals surface area contributed by atoms with Gasteiger partial charge in [-0.3, -0.25) is 4.68 Å². The monoisotopic (exact) mass is 259 g/mol. The number of hydrogen-bond acceptors (Lipinski definition) is 3. The predicted molar refractivity (Wildman–Crippen MR) is 76.7 cm³/mol. The topological polar surface area (TPSA) is 53.1 Å². The highest BCUT2D eigenvalue weighted by molar-refractivity contribution is 5.42. The predicted octanol–water partition coefficient (Wildman–Crippen LogP) is 2.64. The quantitative estimate of drug-likeness (QED) is 0.918. The summed E-state index contributed by atoms with van der Waals surface area (Å²) in [6.45, 7) is 6.69. The molecular weight excluding hydrogens is 238 g/mol. The van der Waals surface area contributed by atoms with Crippen LogP contribution in [0.3, 0.4) is 0 Å². The van der Waals surface area contributed by atoms with Crippen LogP contribution in [-0.4, -0.2) is 16.3 Å². The van der Waals surface area contributed by atoms with Gasteiger partial charge in [-0.2, -0.15) is 5.10 Å². The molecule has 4 nitrogen and oxygen atoms in total.